The van der Waals surface area contributed by atoms with Crippen LogP contribution in [0.5, 0.6) is 5.75 Å². The molecule has 1 aromatic rings. The number of fused-ring (bicyclic) bond motifs is 1. The van der Waals surface area contributed by atoms with Gasteiger partial charge in [-0.2, -0.15) is 5.26 Å². The molecule has 0 saturated carbocycles. The molecule has 6 nitrogen and oxygen atoms in total. The fourth-order valence-electron chi connectivity index (χ4n) is 2.31. The lowest BCUT2D eigenvalue weighted by atomic mass is 10.0. The first kappa shape index (κ1) is 14.8. The van der Waals surface area contributed by atoms with E-state index in [9.17, 15) is 19.2 Å². The second-order valence-electron chi connectivity index (χ2n) is 4.59. The molecule has 2 rings (SSSR count). The molecule has 1 aromatic carbocycles. The molecule has 0 spiro atoms. The number of nitriles is 1. The van der Waals surface area contributed by atoms with E-state index in [2.05, 4.69) is 5.32 Å². The summed E-state index contributed by atoms with van der Waals surface area (Å²) in [5.41, 5.74) is 0.187. The molecule has 0 bridgehead atoms. The highest BCUT2D eigenvalue weighted by Gasteiger charge is 2.39. The number of amides is 2. The molecule has 0 fully saturated rings. The maximum atomic E-state index is 14.0. The zero-order valence-corrected chi connectivity index (χ0v) is 11.6. The summed E-state index contributed by atoms with van der Waals surface area (Å²) in [6.45, 7) is 1.69. The number of ether oxygens (including phenoxy) is 1. The number of carbonyl (C=O) groups is 2. The van der Waals surface area contributed by atoms with Crippen LogP contribution in [0, 0.1) is 17.1 Å². The molecule has 0 radical (unpaired) electrons. The molecule has 1 atom stereocenters. The van der Waals surface area contributed by atoms with E-state index in [4.69, 9.17) is 4.74 Å². The smallest absolute Gasteiger partial charge is 0.258 e. The molecular formula is C14H14FN3O3. The van der Waals surface area contributed by atoms with E-state index in [1.165, 1.54) is 25.0 Å². The first-order valence-corrected chi connectivity index (χ1v) is 6.32. The van der Waals surface area contributed by atoms with E-state index in [0.717, 1.165) is 6.07 Å². The van der Waals surface area contributed by atoms with Crippen molar-refractivity contribution in [3.05, 3.63) is 29.1 Å². The van der Waals surface area contributed by atoms with Crippen molar-refractivity contribution in [2.75, 3.05) is 20.2 Å². The molecule has 1 N–H and O–H groups in total. The van der Waals surface area contributed by atoms with Gasteiger partial charge in [0.15, 0.2) is 0 Å². The second-order valence-corrected chi connectivity index (χ2v) is 4.59. The van der Waals surface area contributed by atoms with Crippen LogP contribution in [-0.4, -0.2) is 36.9 Å². The predicted molar refractivity (Wildman–Crippen MR) is 71.0 cm³/mol. The quantitative estimate of drug-likeness (QED) is 0.897. The number of rotatable bonds is 4. The van der Waals surface area contributed by atoms with Crippen molar-refractivity contribution in [1.82, 2.24) is 10.2 Å². The molecule has 1 unspecified atom stereocenters. The summed E-state index contributed by atoms with van der Waals surface area (Å²) < 4.78 is 19.0. The van der Waals surface area contributed by atoms with Gasteiger partial charge in [-0.15, -0.1) is 0 Å². The molecule has 0 aliphatic carbocycles. The largest absolute Gasteiger partial charge is 0.497 e. The Kier molecular flexibility index (Phi) is 4.08. The second kappa shape index (κ2) is 5.79. The topological polar surface area (TPSA) is 82.4 Å². The van der Waals surface area contributed by atoms with Gasteiger partial charge in [-0.25, -0.2) is 4.39 Å². The maximum Gasteiger partial charge on any atom is 0.258 e. The Morgan fingerprint density at radius 3 is 2.86 bits per heavy atom. The fraction of sp³-hybridized carbons (Fsp3) is 0.357. The average Bonchev–Trinajstić information content (AvgIpc) is 2.71. The third-order valence-electron chi connectivity index (χ3n) is 3.26. The van der Waals surface area contributed by atoms with Gasteiger partial charge in [-0.05, 0) is 6.07 Å². The van der Waals surface area contributed by atoms with Gasteiger partial charge in [0.05, 0.1) is 18.7 Å². The Morgan fingerprint density at radius 1 is 1.57 bits per heavy atom. The zero-order chi connectivity index (χ0) is 15.6. The molecule has 7 heteroatoms. The van der Waals surface area contributed by atoms with E-state index in [-0.39, 0.29) is 30.3 Å². The van der Waals surface area contributed by atoms with Gasteiger partial charge in [0.25, 0.3) is 5.91 Å². The third-order valence-corrected chi connectivity index (χ3v) is 3.26. The Labute approximate surface area is 121 Å². The van der Waals surface area contributed by atoms with Crippen LogP contribution in [0.3, 0.4) is 0 Å². The van der Waals surface area contributed by atoms with Crippen LogP contribution in [0.2, 0.25) is 0 Å². The first-order valence-electron chi connectivity index (χ1n) is 6.32. The number of halogens is 1. The lowest BCUT2D eigenvalue weighted by Gasteiger charge is -2.19. The standard InChI is InChI=1S/C14H14FN3O3/c1-8(19)17-3-4-18-12(7-16)10-5-9(21-2)6-11(15)13(10)14(18)20/h5-6,12H,3-4H2,1-2H3,(H,17,19). The van der Waals surface area contributed by atoms with Crippen molar-refractivity contribution in [2.24, 2.45) is 0 Å². The minimum absolute atomic E-state index is 0.106. The number of nitrogens with zero attached hydrogens (tertiary/aromatic N) is 2. The molecule has 1 heterocycles. The van der Waals surface area contributed by atoms with E-state index < -0.39 is 17.8 Å². The molecule has 1 aliphatic rings. The SMILES string of the molecule is COc1cc(F)c2c(c1)C(C#N)N(CCNC(C)=O)C2=O. The van der Waals surface area contributed by atoms with Crippen LogP contribution in [0.1, 0.15) is 28.9 Å². The zero-order valence-electron chi connectivity index (χ0n) is 11.6. The minimum atomic E-state index is -0.883. The Morgan fingerprint density at radius 2 is 2.29 bits per heavy atom. The fourth-order valence-corrected chi connectivity index (χ4v) is 2.31. The van der Waals surface area contributed by atoms with Crippen molar-refractivity contribution >= 4 is 11.8 Å². The van der Waals surface area contributed by atoms with Gasteiger partial charge >= 0.3 is 0 Å². The molecule has 2 amide bonds. The van der Waals surface area contributed by atoms with E-state index in [1.54, 1.807) is 0 Å². The summed E-state index contributed by atoms with van der Waals surface area (Å²) >= 11 is 0. The van der Waals surface area contributed by atoms with Crippen LogP contribution < -0.4 is 10.1 Å². The molecule has 1 aliphatic heterocycles. The summed E-state index contributed by atoms with van der Waals surface area (Å²) in [5.74, 6) is -1.25. The van der Waals surface area contributed by atoms with Crippen LogP contribution in [0.25, 0.3) is 0 Å². The Hall–Kier alpha value is -2.62. The van der Waals surface area contributed by atoms with Crippen LogP contribution in [0.15, 0.2) is 12.1 Å². The number of benzene rings is 1. The van der Waals surface area contributed by atoms with Gasteiger partial charge in [0, 0.05) is 31.6 Å². The Balaban J connectivity index is 2.32. The van der Waals surface area contributed by atoms with Gasteiger partial charge < -0.3 is 15.0 Å². The number of nitrogens with one attached hydrogen (secondary N) is 1. The van der Waals surface area contributed by atoms with Crippen molar-refractivity contribution in [1.29, 1.82) is 5.26 Å². The average molecular weight is 291 g/mol. The van der Waals surface area contributed by atoms with E-state index >= 15 is 0 Å². The summed E-state index contributed by atoms with van der Waals surface area (Å²) in [4.78, 5) is 24.3. The number of hydrogen-bond acceptors (Lipinski definition) is 4. The van der Waals surface area contributed by atoms with Crippen LogP contribution >= 0.6 is 0 Å². The van der Waals surface area contributed by atoms with Crippen LogP contribution in [-0.2, 0) is 4.79 Å². The predicted octanol–water partition coefficient (Wildman–Crippen LogP) is 0.991. The minimum Gasteiger partial charge on any atom is -0.497 e. The van der Waals surface area contributed by atoms with Crippen molar-refractivity contribution in [2.45, 2.75) is 13.0 Å². The number of carbonyl (C=O) groups excluding carboxylic acids is 2. The van der Waals surface area contributed by atoms with Crippen molar-refractivity contribution in [3.63, 3.8) is 0 Å². The summed E-state index contributed by atoms with van der Waals surface area (Å²) in [6.07, 6.45) is 0. The molecular weight excluding hydrogens is 277 g/mol. The number of methoxy groups -OCH3 is 1. The normalized spacial score (nSPS) is 16.4. The lowest BCUT2D eigenvalue weighted by molar-refractivity contribution is -0.119. The molecule has 0 aromatic heterocycles. The van der Waals surface area contributed by atoms with Gasteiger partial charge in [0.2, 0.25) is 5.91 Å². The Bertz CT molecular complexity index is 639. The third kappa shape index (κ3) is 2.65. The van der Waals surface area contributed by atoms with Gasteiger partial charge in [-0.3, -0.25) is 9.59 Å². The van der Waals surface area contributed by atoms with Gasteiger partial charge in [-0.1, -0.05) is 0 Å². The highest BCUT2D eigenvalue weighted by Crippen LogP contribution is 2.36. The maximum absolute atomic E-state index is 14.0. The van der Waals surface area contributed by atoms with E-state index in [1.807, 2.05) is 6.07 Å². The lowest BCUT2D eigenvalue weighted by Crippen LogP contribution is -2.36. The van der Waals surface area contributed by atoms with Crippen molar-refractivity contribution in [3.8, 4) is 11.8 Å². The monoisotopic (exact) mass is 291 g/mol. The molecule has 21 heavy (non-hydrogen) atoms. The van der Waals surface area contributed by atoms with Crippen LogP contribution in [0.4, 0.5) is 4.39 Å². The number of hydrogen-bond donors (Lipinski definition) is 1. The highest BCUT2D eigenvalue weighted by atomic mass is 19.1. The van der Waals surface area contributed by atoms with Gasteiger partial charge in [0.1, 0.15) is 17.6 Å². The van der Waals surface area contributed by atoms with Crippen molar-refractivity contribution < 1.29 is 18.7 Å². The molecule has 110 valence electrons. The molecule has 0 saturated heterocycles. The first-order chi connectivity index (χ1) is 9.99. The summed E-state index contributed by atoms with van der Waals surface area (Å²) in [6, 6.07) is 3.71. The summed E-state index contributed by atoms with van der Waals surface area (Å²) in [7, 11) is 1.38. The summed E-state index contributed by atoms with van der Waals surface area (Å²) in [5, 5.41) is 11.8. The highest BCUT2D eigenvalue weighted by molar-refractivity contribution is 6.00. The van der Waals surface area contributed by atoms with E-state index in [0.29, 0.717) is 5.56 Å².